The van der Waals surface area contributed by atoms with Crippen molar-refractivity contribution >= 4 is 22.8 Å². The van der Waals surface area contributed by atoms with E-state index in [1.165, 1.54) is 4.57 Å². The van der Waals surface area contributed by atoms with Gasteiger partial charge in [-0.3, -0.25) is 14.3 Å². The van der Waals surface area contributed by atoms with Gasteiger partial charge in [0.25, 0.3) is 11.5 Å². The lowest BCUT2D eigenvalue weighted by atomic mass is 9.87. The van der Waals surface area contributed by atoms with Gasteiger partial charge in [-0.1, -0.05) is 51.1 Å². The van der Waals surface area contributed by atoms with Crippen molar-refractivity contribution < 1.29 is 13.7 Å². The Kier molecular flexibility index (Phi) is 8.50. The van der Waals surface area contributed by atoms with Gasteiger partial charge in [-0.2, -0.15) is 4.98 Å². The Balaban J connectivity index is 1.66. The molecule has 0 saturated heterocycles. The fourth-order valence-electron chi connectivity index (χ4n) is 5.42. The number of ether oxygens (including phenoxy) is 1. The van der Waals surface area contributed by atoms with Crippen molar-refractivity contribution in [3.8, 4) is 17.1 Å². The molecule has 4 bridgehead atoms. The van der Waals surface area contributed by atoms with Gasteiger partial charge in [-0.15, -0.1) is 0 Å². The number of benzene rings is 2. The molecule has 0 saturated carbocycles. The highest BCUT2D eigenvalue weighted by Crippen LogP contribution is 2.31. The molecule has 0 fully saturated rings. The smallest absolute Gasteiger partial charge is 0.255 e. The Bertz CT molecular complexity index is 1740. The third-order valence-electron chi connectivity index (χ3n) is 7.44. The summed E-state index contributed by atoms with van der Waals surface area (Å²) in [5.74, 6) is 0.164. The number of rotatable bonds is 4. The molecule has 0 spiro atoms. The van der Waals surface area contributed by atoms with E-state index in [-0.39, 0.29) is 36.0 Å². The summed E-state index contributed by atoms with van der Waals surface area (Å²) in [6, 6.07) is 17.6. The van der Waals surface area contributed by atoms with Gasteiger partial charge in [0.1, 0.15) is 6.61 Å². The van der Waals surface area contributed by atoms with Crippen LogP contribution in [0.25, 0.3) is 11.3 Å². The summed E-state index contributed by atoms with van der Waals surface area (Å²) in [5.41, 5.74) is 4.16. The molecule has 2 aromatic heterocycles. The molecule has 224 valence electrons. The monoisotopic (exact) mass is 599 g/mol. The van der Waals surface area contributed by atoms with E-state index in [2.05, 4.69) is 30.5 Å². The molecular formula is C33H37N5O4S. The molecule has 43 heavy (non-hydrogen) atoms. The number of pyridine rings is 1. The van der Waals surface area contributed by atoms with E-state index in [0.717, 1.165) is 16.7 Å². The lowest BCUT2D eigenvalue weighted by molar-refractivity contribution is 0.0511. The maximum atomic E-state index is 14.2. The minimum atomic E-state index is -1.76. The van der Waals surface area contributed by atoms with Crippen molar-refractivity contribution in [2.45, 2.75) is 58.5 Å². The molecule has 3 heterocycles. The molecule has 5 rings (SSSR count). The van der Waals surface area contributed by atoms with E-state index in [4.69, 9.17) is 9.72 Å². The number of hydrogen-bond acceptors (Lipinski definition) is 6. The Morgan fingerprint density at radius 3 is 2.44 bits per heavy atom. The van der Waals surface area contributed by atoms with Crippen LogP contribution in [0, 0.1) is 19.3 Å². The second-order valence-corrected chi connectivity index (χ2v) is 13.4. The van der Waals surface area contributed by atoms with Crippen LogP contribution in [-0.2, 0) is 24.6 Å². The molecule has 1 aliphatic heterocycles. The molecule has 4 aromatic rings. The number of nitrogens with one attached hydrogen (secondary N) is 1. The number of hydrogen-bond donors (Lipinski definition) is 1. The SMILES string of the molecule is Cc1cccc(C)c1-c1cc2nc(n1)NS(=O)c1cccc(c1)C(=O)N(Cc1cccn(C)c1=O)[C@H](CC(C)(C)C)CO2. The Morgan fingerprint density at radius 1 is 1.00 bits per heavy atom. The highest BCUT2D eigenvalue weighted by atomic mass is 32.2. The van der Waals surface area contributed by atoms with E-state index < -0.39 is 17.0 Å². The van der Waals surface area contributed by atoms with Crippen LogP contribution in [0.15, 0.2) is 76.6 Å². The fraction of sp³-hybridized carbons (Fsp3) is 0.333. The largest absolute Gasteiger partial charge is 0.475 e. The van der Waals surface area contributed by atoms with E-state index in [1.54, 1.807) is 60.6 Å². The molecule has 1 amide bonds. The number of amides is 1. The van der Waals surface area contributed by atoms with Crippen LogP contribution in [0.3, 0.4) is 0 Å². The fourth-order valence-corrected chi connectivity index (χ4v) is 6.23. The average Bonchev–Trinajstić information content (AvgIpc) is 2.95. The number of aryl methyl sites for hydroxylation is 3. The third-order valence-corrected chi connectivity index (χ3v) is 8.49. The summed E-state index contributed by atoms with van der Waals surface area (Å²) in [7, 11) is -0.0736. The zero-order chi connectivity index (χ0) is 30.9. The van der Waals surface area contributed by atoms with Gasteiger partial charge in [0, 0.05) is 36.0 Å². The number of carbonyl (C=O) groups is 1. The van der Waals surface area contributed by atoms with Gasteiger partial charge in [0.05, 0.1) is 23.2 Å². The highest BCUT2D eigenvalue weighted by molar-refractivity contribution is 7.86. The molecule has 1 aliphatic rings. The summed E-state index contributed by atoms with van der Waals surface area (Å²) >= 11 is 0. The first-order valence-electron chi connectivity index (χ1n) is 14.2. The zero-order valence-electron chi connectivity index (χ0n) is 25.4. The summed E-state index contributed by atoms with van der Waals surface area (Å²) in [6.07, 6.45) is 2.28. The Labute approximate surface area is 254 Å². The van der Waals surface area contributed by atoms with Gasteiger partial charge < -0.3 is 14.2 Å². The standard InChI is InChI=1S/C33H37N5O4S/c1-21-10-7-11-22(2)29(21)27-17-28-35-32(34-27)36-43(41)26-14-8-12-23(16-26)31(40)38(25(20-42-28)18-33(3,4)5)19-24-13-9-15-37(6)30(24)39/h7-17,25H,18-20H2,1-6H3,(H,34,35,36)/t25-,43?/m1/s1. The maximum Gasteiger partial charge on any atom is 0.255 e. The summed E-state index contributed by atoms with van der Waals surface area (Å²) in [5, 5.41) is 0. The zero-order valence-corrected chi connectivity index (χ0v) is 26.2. The second-order valence-electron chi connectivity index (χ2n) is 12.2. The number of anilines is 1. The predicted octanol–water partition coefficient (Wildman–Crippen LogP) is 5.43. The summed E-state index contributed by atoms with van der Waals surface area (Å²) in [6.45, 7) is 10.6. The van der Waals surface area contributed by atoms with Crippen LogP contribution in [0.4, 0.5) is 5.95 Å². The minimum Gasteiger partial charge on any atom is -0.475 e. The van der Waals surface area contributed by atoms with Gasteiger partial charge in [0.15, 0.2) is 11.0 Å². The predicted molar refractivity (Wildman–Crippen MR) is 168 cm³/mol. The summed E-state index contributed by atoms with van der Waals surface area (Å²) < 4.78 is 24.3. The number of aromatic nitrogens is 3. The molecule has 0 radical (unpaired) electrons. The topological polar surface area (TPSA) is 106 Å². The van der Waals surface area contributed by atoms with Crippen LogP contribution in [0.5, 0.6) is 5.88 Å². The van der Waals surface area contributed by atoms with Crippen molar-refractivity contribution in [1.29, 1.82) is 0 Å². The lowest BCUT2D eigenvalue weighted by Gasteiger charge is -2.35. The summed E-state index contributed by atoms with van der Waals surface area (Å²) in [4.78, 5) is 38.7. The maximum absolute atomic E-state index is 14.2. The van der Waals surface area contributed by atoms with Gasteiger partial charge >= 0.3 is 0 Å². The van der Waals surface area contributed by atoms with Crippen molar-refractivity contribution in [3.63, 3.8) is 0 Å². The first-order valence-corrected chi connectivity index (χ1v) is 15.4. The first kappa shape index (κ1) is 30.2. The average molecular weight is 600 g/mol. The lowest BCUT2D eigenvalue weighted by Crippen LogP contribution is -2.46. The number of nitrogens with zero attached hydrogens (tertiary/aromatic N) is 4. The first-order chi connectivity index (χ1) is 20.4. The van der Waals surface area contributed by atoms with E-state index in [1.807, 2.05) is 32.0 Å². The van der Waals surface area contributed by atoms with Crippen molar-refractivity contribution in [1.82, 2.24) is 19.4 Å². The minimum absolute atomic E-state index is 0.0880. The number of carbonyl (C=O) groups excluding carboxylic acids is 1. The number of fused-ring (bicyclic) bond motifs is 4. The Morgan fingerprint density at radius 2 is 1.72 bits per heavy atom. The highest BCUT2D eigenvalue weighted by Gasteiger charge is 2.31. The van der Waals surface area contributed by atoms with Crippen molar-refractivity contribution in [2.24, 2.45) is 12.5 Å². The molecule has 9 nitrogen and oxygen atoms in total. The Hall–Kier alpha value is -4.31. The third kappa shape index (κ3) is 6.85. The molecular weight excluding hydrogens is 562 g/mol. The van der Waals surface area contributed by atoms with Crippen LogP contribution >= 0.6 is 0 Å². The molecule has 10 heteroatoms. The van der Waals surface area contributed by atoms with Crippen molar-refractivity contribution in [3.05, 3.63) is 99.5 Å². The van der Waals surface area contributed by atoms with Gasteiger partial charge in [-0.25, -0.2) is 9.19 Å². The van der Waals surface area contributed by atoms with E-state index >= 15 is 0 Å². The van der Waals surface area contributed by atoms with E-state index in [0.29, 0.717) is 34.0 Å². The van der Waals surface area contributed by atoms with Crippen LogP contribution in [0.2, 0.25) is 0 Å². The molecule has 2 aromatic carbocycles. The van der Waals surface area contributed by atoms with E-state index in [9.17, 15) is 13.8 Å². The molecule has 0 aliphatic carbocycles. The molecule has 1 N–H and O–H groups in total. The van der Waals surface area contributed by atoms with Gasteiger partial charge in [0.2, 0.25) is 11.8 Å². The van der Waals surface area contributed by atoms with Crippen molar-refractivity contribution in [2.75, 3.05) is 11.3 Å². The quantitative estimate of drug-likeness (QED) is 0.335. The molecule has 2 atom stereocenters. The van der Waals surface area contributed by atoms with Crippen LogP contribution < -0.4 is 15.0 Å². The van der Waals surface area contributed by atoms with Crippen LogP contribution in [0.1, 0.15) is 54.2 Å². The normalized spacial score (nSPS) is 17.3. The molecule has 1 unspecified atom stereocenters. The van der Waals surface area contributed by atoms with Crippen LogP contribution in [-0.4, -0.2) is 42.2 Å². The van der Waals surface area contributed by atoms with Gasteiger partial charge in [-0.05, 0) is 61.1 Å². The second kappa shape index (κ2) is 12.1.